The monoisotopic (exact) mass is 500 g/mol. The molecule has 2 aromatic rings. The van der Waals surface area contributed by atoms with Crippen molar-refractivity contribution < 1.29 is 26.9 Å². The molecule has 3 rings (SSSR count). The highest BCUT2D eigenvalue weighted by Gasteiger charge is 2.32. The molecule has 0 unspecified atom stereocenters. The zero-order chi connectivity index (χ0) is 25.0. The van der Waals surface area contributed by atoms with E-state index >= 15 is 0 Å². The summed E-state index contributed by atoms with van der Waals surface area (Å²) in [5.74, 6) is -0.543. The molecule has 1 aliphatic rings. The fourth-order valence-corrected chi connectivity index (χ4v) is 3.94. The second-order valence-electron chi connectivity index (χ2n) is 8.95. The number of benzene rings is 2. The minimum absolute atomic E-state index is 0.0666. The van der Waals surface area contributed by atoms with E-state index in [1.165, 1.54) is 18.2 Å². The summed E-state index contributed by atoms with van der Waals surface area (Å²) in [5.41, 5.74) is 7.43. The number of likely N-dealkylation sites (tertiary alicyclic amines) is 1. The van der Waals surface area contributed by atoms with Crippen LogP contribution in [-0.4, -0.2) is 48.7 Å². The van der Waals surface area contributed by atoms with Gasteiger partial charge in [0.05, 0.1) is 9.92 Å². The van der Waals surface area contributed by atoms with Crippen LogP contribution < -0.4 is 5.73 Å². The molecule has 1 aliphatic heterocycles. The minimum atomic E-state index is -4.02. The molecule has 0 bridgehead atoms. The maximum atomic E-state index is 13.3. The van der Waals surface area contributed by atoms with Gasteiger partial charge < -0.3 is 15.4 Å². The third-order valence-electron chi connectivity index (χ3n) is 5.01. The summed E-state index contributed by atoms with van der Waals surface area (Å²) in [6.45, 7) is 8.33. The van der Waals surface area contributed by atoms with Crippen molar-refractivity contribution >= 4 is 27.8 Å². The topological polar surface area (TPSA) is 110 Å². The quantitative estimate of drug-likeness (QED) is 0.574. The first kappa shape index (κ1) is 27.0. The first-order chi connectivity index (χ1) is 15.2. The van der Waals surface area contributed by atoms with Gasteiger partial charge in [0.25, 0.3) is 10.1 Å². The lowest BCUT2D eigenvalue weighted by Crippen LogP contribution is -2.49. The molecule has 2 atom stereocenters. The number of hydrogen-bond donors (Lipinski definition) is 2. The molecule has 2 aromatic carbocycles. The second kappa shape index (κ2) is 10.8. The molecule has 1 saturated heterocycles. The van der Waals surface area contributed by atoms with Crippen LogP contribution in [0.3, 0.4) is 0 Å². The van der Waals surface area contributed by atoms with Crippen molar-refractivity contribution in [2.75, 3.05) is 13.1 Å². The molecular formula is C23H30ClFN2O5S. The van der Waals surface area contributed by atoms with Crippen molar-refractivity contribution in [1.82, 2.24) is 4.90 Å². The van der Waals surface area contributed by atoms with Gasteiger partial charge in [-0.05, 0) is 63.9 Å². The third kappa shape index (κ3) is 8.26. The number of nitrogens with zero attached hydrogens (tertiary/aromatic N) is 1. The molecule has 0 radical (unpaired) electrons. The number of halogens is 2. The molecule has 1 amide bonds. The lowest BCUT2D eigenvalue weighted by molar-refractivity contribution is 0.0186. The van der Waals surface area contributed by atoms with Crippen LogP contribution >= 0.6 is 11.6 Å². The molecule has 0 saturated carbocycles. The molecule has 7 nitrogen and oxygen atoms in total. The molecule has 0 spiro atoms. The number of rotatable bonds is 2. The van der Waals surface area contributed by atoms with Gasteiger partial charge in [-0.2, -0.15) is 8.42 Å². The Morgan fingerprint density at radius 1 is 1.21 bits per heavy atom. The summed E-state index contributed by atoms with van der Waals surface area (Å²) in [4.78, 5) is 13.8. The van der Waals surface area contributed by atoms with E-state index in [-0.39, 0.29) is 28.0 Å². The summed E-state index contributed by atoms with van der Waals surface area (Å²) in [6, 6.07) is 10.5. The Bertz CT molecular complexity index is 1070. The minimum Gasteiger partial charge on any atom is -0.444 e. The van der Waals surface area contributed by atoms with E-state index in [0.717, 1.165) is 11.1 Å². The van der Waals surface area contributed by atoms with Gasteiger partial charge in [-0.25, -0.2) is 9.18 Å². The van der Waals surface area contributed by atoms with Crippen molar-refractivity contribution in [2.45, 2.75) is 56.6 Å². The smallest absolute Gasteiger partial charge is 0.410 e. The van der Waals surface area contributed by atoms with Crippen molar-refractivity contribution in [3.8, 4) is 0 Å². The Hall–Kier alpha value is -2.20. The molecule has 182 valence electrons. The molecular weight excluding hydrogens is 471 g/mol. The standard InChI is InChI=1S/C16H22ClFN2O2.C7H8O3S/c1-16(2,3)22-15(21)20-7-6-14(19)11(9-20)10-4-5-13(18)12(17)8-10;1-6-2-4-7(5-3-6)11(8,9)10/h4-5,8,11,14H,6-7,9,19H2,1-3H3;2-5H,1H3,(H,8,9,10)/t11-,14+;/m0./s1. The van der Waals surface area contributed by atoms with Gasteiger partial charge in [0.15, 0.2) is 0 Å². The van der Waals surface area contributed by atoms with Crippen molar-refractivity contribution in [1.29, 1.82) is 0 Å². The summed E-state index contributed by atoms with van der Waals surface area (Å²) in [6.07, 6.45) is 0.316. The number of ether oxygens (including phenoxy) is 1. The summed E-state index contributed by atoms with van der Waals surface area (Å²) >= 11 is 5.85. The van der Waals surface area contributed by atoms with Crippen LogP contribution in [0.1, 0.15) is 44.2 Å². The second-order valence-corrected chi connectivity index (χ2v) is 10.8. The first-order valence-electron chi connectivity index (χ1n) is 10.4. The number of carbonyl (C=O) groups excluding carboxylic acids is 1. The average Bonchev–Trinajstić information content (AvgIpc) is 2.69. The SMILES string of the molecule is CC(C)(C)OC(=O)N1CC[C@@H](N)[C@H](c2ccc(F)c(Cl)c2)C1.Cc1ccc(S(=O)(=O)O)cc1. The number of carbonyl (C=O) groups is 1. The fraction of sp³-hybridized carbons (Fsp3) is 0.435. The maximum absolute atomic E-state index is 13.3. The number of aryl methyl sites for hydroxylation is 1. The van der Waals surface area contributed by atoms with Crippen LogP contribution in [0.4, 0.5) is 9.18 Å². The van der Waals surface area contributed by atoms with E-state index in [1.54, 1.807) is 29.2 Å². The zero-order valence-corrected chi connectivity index (χ0v) is 20.7. The molecule has 1 heterocycles. The number of piperidine rings is 1. The number of hydrogen-bond acceptors (Lipinski definition) is 5. The molecule has 1 fully saturated rings. The van der Waals surface area contributed by atoms with E-state index in [9.17, 15) is 17.6 Å². The molecule has 0 aromatic heterocycles. The fourth-order valence-electron chi connectivity index (χ4n) is 3.27. The Morgan fingerprint density at radius 3 is 2.33 bits per heavy atom. The highest BCUT2D eigenvalue weighted by molar-refractivity contribution is 7.85. The van der Waals surface area contributed by atoms with Gasteiger partial charge in [-0.1, -0.05) is 35.4 Å². The molecule has 0 aliphatic carbocycles. The summed E-state index contributed by atoms with van der Waals surface area (Å²) < 4.78 is 48.3. The van der Waals surface area contributed by atoms with Crippen LogP contribution in [-0.2, 0) is 14.9 Å². The van der Waals surface area contributed by atoms with Crippen LogP contribution in [0.25, 0.3) is 0 Å². The number of amides is 1. The summed E-state index contributed by atoms with van der Waals surface area (Å²) in [7, 11) is -4.02. The maximum Gasteiger partial charge on any atom is 0.410 e. The lowest BCUT2D eigenvalue weighted by Gasteiger charge is -2.37. The van der Waals surface area contributed by atoms with E-state index < -0.39 is 21.5 Å². The van der Waals surface area contributed by atoms with Crippen LogP contribution in [0.15, 0.2) is 47.4 Å². The largest absolute Gasteiger partial charge is 0.444 e. The highest BCUT2D eigenvalue weighted by Crippen LogP contribution is 2.29. The van der Waals surface area contributed by atoms with Gasteiger partial charge in [0.1, 0.15) is 11.4 Å². The van der Waals surface area contributed by atoms with Crippen LogP contribution in [0.2, 0.25) is 5.02 Å². The van der Waals surface area contributed by atoms with E-state index in [0.29, 0.717) is 19.5 Å². The zero-order valence-electron chi connectivity index (χ0n) is 19.1. The first-order valence-corrected chi connectivity index (χ1v) is 12.2. The predicted octanol–water partition coefficient (Wildman–Crippen LogP) is 4.77. The van der Waals surface area contributed by atoms with Gasteiger partial charge >= 0.3 is 6.09 Å². The van der Waals surface area contributed by atoms with Gasteiger partial charge in [-0.15, -0.1) is 0 Å². The molecule has 10 heteroatoms. The highest BCUT2D eigenvalue weighted by atomic mass is 35.5. The Morgan fingerprint density at radius 2 is 1.82 bits per heavy atom. The van der Waals surface area contributed by atoms with Crippen molar-refractivity contribution in [3.63, 3.8) is 0 Å². The van der Waals surface area contributed by atoms with Crippen molar-refractivity contribution in [2.24, 2.45) is 5.73 Å². The lowest BCUT2D eigenvalue weighted by atomic mass is 9.86. The summed E-state index contributed by atoms with van der Waals surface area (Å²) in [5, 5.41) is 0.0686. The Labute approximate surface area is 199 Å². The Kier molecular flexibility index (Phi) is 8.87. The molecule has 3 N–H and O–H groups in total. The van der Waals surface area contributed by atoms with E-state index in [2.05, 4.69) is 0 Å². The van der Waals surface area contributed by atoms with Gasteiger partial charge in [-0.3, -0.25) is 4.55 Å². The average molecular weight is 501 g/mol. The Balaban J connectivity index is 0.000000294. The number of nitrogens with two attached hydrogens (primary N) is 1. The normalized spacial score (nSPS) is 18.8. The van der Waals surface area contributed by atoms with Gasteiger partial charge in [0.2, 0.25) is 0 Å². The van der Waals surface area contributed by atoms with Crippen LogP contribution in [0, 0.1) is 12.7 Å². The van der Waals surface area contributed by atoms with Gasteiger partial charge in [0, 0.05) is 25.0 Å². The van der Waals surface area contributed by atoms with Crippen LogP contribution in [0.5, 0.6) is 0 Å². The molecule has 33 heavy (non-hydrogen) atoms. The van der Waals surface area contributed by atoms with E-state index in [4.69, 9.17) is 26.6 Å². The predicted molar refractivity (Wildman–Crippen MR) is 126 cm³/mol. The van der Waals surface area contributed by atoms with E-state index in [1.807, 2.05) is 27.7 Å². The van der Waals surface area contributed by atoms with Crippen molar-refractivity contribution in [3.05, 3.63) is 64.4 Å². The third-order valence-corrected chi connectivity index (χ3v) is 6.17.